The Hall–Kier alpha value is -1.22. The number of hydrogen-bond donors (Lipinski definition) is 3. The molecule has 6 nitrogen and oxygen atoms in total. The van der Waals surface area contributed by atoms with Crippen molar-refractivity contribution in [3.8, 4) is 0 Å². The summed E-state index contributed by atoms with van der Waals surface area (Å²) in [6.45, 7) is 1.88. The highest BCUT2D eigenvalue weighted by atomic mass is 79.9. The molecule has 8 heteroatoms. The number of nitrogens with two attached hydrogens (primary N) is 1. The highest BCUT2D eigenvalue weighted by Gasteiger charge is 2.23. The Kier molecular flexibility index (Phi) is 4.59. The van der Waals surface area contributed by atoms with Crippen LogP contribution in [0, 0.1) is 0 Å². The molecule has 0 bridgehead atoms. The van der Waals surface area contributed by atoms with Gasteiger partial charge in [0.15, 0.2) is 5.03 Å². The SMILES string of the molecule is CC(NS(=O)(=O)c1[nH]ncc1CN)c1cccc(Br)c1. The predicted octanol–water partition coefficient (Wildman–Crippen LogP) is 1.67. The van der Waals surface area contributed by atoms with Crippen LogP contribution in [-0.4, -0.2) is 18.6 Å². The molecule has 1 unspecified atom stereocenters. The van der Waals surface area contributed by atoms with Gasteiger partial charge in [0, 0.05) is 22.6 Å². The number of rotatable bonds is 5. The summed E-state index contributed by atoms with van der Waals surface area (Å²) in [6, 6.07) is 7.09. The predicted molar refractivity (Wildman–Crippen MR) is 79.4 cm³/mol. The van der Waals surface area contributed by atoms with Gasteiger partial charge in [-0.1, -0.05) is 28.1 Å². The topological polar surface area (TPSA) is 101 Å². The van der Waals surface area contributed by atoms with Gasteiger partial charge in [-0.05, 0) is 24.6 Å². The molecule has 20 heavy (non-hydrogen) atoms. The quantitative estimate of drug-likeness (QED) is 0.756. The van der Waals surface area contributed by atoms with Gasteiger partial charge < -0.3 is 5.73 Å². The number of nitrogens with one attached hydrogen (secondary N) is 2. The van der Waals surface area contributed by atoms with E-state index in [1.165, 1.54) is 6.20 Å². The van der Waals surface area contributed by atoms with E-state index in [1.807, 2.05) is 24.3 Å². The molecule has 1 atom stereocenters. The molecule has 0 amide bonds. The van der Waals surface area contributed by atoms with Gasteiger partial charge in [-0.2, -0.15) is 5.10 Å². The van der Waals surface area contributed by atoms with Gasteiger partial charge in [0.25, 0.3) is 10.0 Å². The van der Waals surface area contributed by atoms with Crippen molar-refractivity contribution in [2.24, 2.45) is 5.73 Å². The fourth-order valence-corrected chi connectivity index (χ4v) is 3.60. The van der Waals surface area contributed by atoms with Crippen LogP contribution in [0.3, 0.4) is 0 Å². The fourth-order valence-electron chi connectivity index (χ4n) is 1.81. The standard InChI is InChI=1S/C12H15BrN4O2S/c1-8(9-3-2-4-11(13)5-9)17-20(18,19)12-10(6-14)7-15-16-12/h2-5,7-8,17H,6,14H2,1H3,(H,15,16). The number of benzene rings is 1. The highest BCUT2D eigenvalue weighted by molar-refractivity contribution is 9.10. The van der Waals surface area contributed by atoms with Gasteiger partial charge in [-0.15, -0.1) is 0 Å². The molecule has 1 heterocycles. The second kappa shape index (κ2) is 6.04. The van der Waals surface area contributed by atoms with E-state index in [0.29, 0.717) is 5.56 Å². The van der Waals surface area contributed by atoms with Crippen LogP contribution in [0.4, 0.5) is 0 Å². The first-order valence-corrected chi connectivity index (χ1v) is 8.22. The molecule has 0 aliphatic rings. The van der Waals surface area contributed by atoms with Crippen molar-refractivity contribution in [2.75, 3.05) is 0 Å². The summed E-state index contributed by atoms with van der Waals surface area (Å²) in [4.78, 5) is 0. The van der Waals surface area contributed by atoms with Gasteiger partial charge in [0.05, 0.1) is 6.20 Å². The van der Waals surface area contributed by atoms with E-state index in [4.69, 9.17) is 5.73 Å². The second-order valence-corrected chi connectivity index (χ2v) is 6.89. The fraction of sp³-hybridized carbons (Fsp3) is 0.250. The molecule has 1 aromatic carbocycles. The van der Waals surface area contributed by atoms with Crippen LogP contribution in [0.2, 0.25) is 0 Å². The molecule has 0 radical (unpaired) electrons. The van der Waals surface area contributed by atoms with Crippen LogP contribution in [0.5, 0.6) is 0 Å². The molecular weight excluding hydrogens is 344 g/mol. The number of halogens is 1. The minimum absolute atomic E-state index is 0.0156. The molecule has 2 rings (SSSR count). The Morgan fingerprint density at radius 1 is 1.50 bits per heavy atom. The Bertz CT molecular complexity index is 699. The van der Waals surface area contributed by atoms with Crippen LogP contribution in [0.1, 0.15) is 24.1 Å². The Morgan fingerprint density at radius 3 is 2.90 bits per heavy atom. The average Bonchev–Trinajstić information content (AvgIpc) is 2.87. The molecule has 0 aliphatic carbocycles. The van der Waals surface area contributed by atoms with Crippen molar-refractivity contribution < 1.29 is 8.42 Å². The number of aromatic amines is 1. The molecular formula is C12H15BrN4O2S. The lowest BCUT2D eigenvalue weighted by atomic mass is 10.1. The lowest BCUT2D eigenvalue weighted by Gasteiger charge is -2.14. The molecule has 108 valence electrons. The van der Waals surface area contributed by atoms with Gasteiger partial charge in [0.2, 0.25) is 0 Å². The summed E-state index contributed by atoms with van der Waals surface area (Å²) in [6.07, 6.45) is 1.42. The summed E-state index contributed by atoms with van der Waals surface area (Å²) in [7, 11) is -3.68. The third-order valence-corrected chi connectivity index (χ3v) is 4.90. The zero-order valence-corrected chi connectivity index (χ0v) is 13.2. The minimum atomic E-state index is -3.68. The van der Waals surface area contributed by atoms with Crippen molar-refractivity contribution in [2.45, 2.75) is 24.5 Å². The van der Waals surface area contributed by atoms with E-state index in [9.17, 15) is 8.42 Å². The molecule has 0 saturated heterocycles. The Labute approximate surface area is 125 Å². The molecule has 0 spiro atoms. The van der Waals surface area contributed by atoms with Crippen LogP contribution >= 0.6 is 15.9 Å². The first-order valence-electron chi connectivity index (χ1n) is 5.94. The zero-order chi connectivity index (χ0) is 14.8. The smallest absolute Gasteiger partial charge is 0.258 e. The van der Waals surface area contributed by atoms with Crippen molar-refractivity contribution >= 4 is 26.0 Å². The summed E-state index contributed by atoms with van der Waals surface area (Å²) < 4.78 is 28.1. The summed E-state index contributed by atoms with van der Waals surface area (Å²) in [5.74, 6) is 0. The van der Waals surface area contributed by atoms with Crippen LogP contribution in [0.15, 0.2) is 40.0 Å². The third kappa shape index (κ3) is 3.26. The number of sulfonamides is 1. The summed E-state index contributed by atoms with van der Waals surface area (Å²) >= 11 is 3.36. The monoisotopic (exact) mass is 358 g/mol. The normalized spacial score (nSPS) is 13.3. The second-order valence-electron chi connectivity index (χ2n) is 4.33. The molecule has 0 saturated carbocycles. The van der Waals surface area contributed by atoms with E-state index in [-0.39, 0.29) is 17.6 Å². The molecule has 0 aliphatic heterocycles. The maximum atomic E-state index is 12.3. The van der Waals surface area contributed by atoms with Crippen molar-refractivity contribution in [3.05, 3.63) is 46.1 Å². The van der Waals surface area contributed by atoms with Crippen LogP contribution < -0.4 is 10.5 Å². The zero-order valence-electron chi connectivity index (χ0n) is 10.8. The summed E-state index contributed by atoms with van der Waals surface area (Å²) in [5, 5.41) is 6.21. The first-order chi connectivity index (χ1) is 9.44. The number of nitrogens with zero attached hydrogens (tertiary/aromatic N) is 1. The van der Waals surface area contributed by atoms with E-state index < -0.39 is 10.0 Å². The number of H-pyrrole nitrogens is 1. The number of hydrogen-bond acceptors (Lipinski definition) is 4. The van der Waals surface area contributed by atoms with Crippen molar-refractivity contribution in [1.29, 1.82) is 0 Å². The van der Waals surface area contributed by atoms with Gasteiger partial charge in [-0.25, -0.2) is 13.1 Å². The lowest BCUT2D eigenvalue weighted by molar-refractivity contribution is 0.561. The van der Waals surface area contributed by atoms with E-state index in [2.05, 4.69) is 30.8 Å². The van der Waals surface area contributed by atoms with Crippen molar-refractivity contribution in [3.63, 3.8) is 0 Å². The molecule has 2 aromatic rings. The van der Waals surface area contributed by atoms with Crippen molar-refractivity contribution in [1.82, 2.24) is 14.9 Å². The van der Waals surface area contributed by atoms with Gasteiger partial charge >= 0.3 is 0 Å². The Morgan fingerprint density at radius 2 is 2.25 bits per heavy atom. The lowest BCUT2D eigenvalue weighted by Crippen LogP contribution is -2.28. The van der Waals surface area contributed by atoms with E-state index in [1.54, 1.807) is 6.92 Å². The largest absolute Gasteiger partial charge is 0.326 e. The van der Waals surface area contributed by atoms with Gasteiger partial charge in [0.1, 0.15) is 0 Å². The maximum absolute atomic E-state index is 12.3. The van der Waals surface area contributed by atoms with Gasteiger partial charge in [-0.3, -0.25) is 5.10 Å². The Balaban J connectivity index is 2.24. The molecule has 4 N–H and O–H groups in total. The number of aromatic nitrogens is 2. The van der Waals surface area contributed by atoms with Crippen LogP contribution in [-0.2, 0) is 16.6 Å². The van der Waals surface area contributed by atoms with E-state index >= 15 is 0 Å². The minimum Gasteiger partial charge on any atom is -0.326 e. The highest BCUT2D eigenvalue weighted by Crippen LogP contribution is 2.20. The maximum Gasteiger partial charge on any atom is 0.258 e. The third-order valence-electron chi connectivity index (χ3n) is 2.85. The van der Waals surface area contributed by atoms with Crippen LogP contribution in [0.25, 0.3) is 0 Å². The average molecular weight is 359 g/mol. The summed E-state index contributed by atoms with van der Waals surface area (Å²) in [5.41, 5.74) is 6.81. The first kappa shape index (κ1) is 15.2. The molecule has 1 aromatic heterocycles. The van der Waals surface area contributed by atoms with E-state index in [0.717, 1.165) is 10.0 Å². The molecule has 0 fully saturated rings.